The van der Waals surface area contributed by atoms with E-state index >= 15 is 0 Å². The lowest BCUT2D eigenvalue weighted by Crippen LogP contribution is -2.13. The Kier molecular flexibility index (Phi) is 8.59. The monoisotopic (exact) mass is 802 g/mol. The third-order valence-electron chi connectivity index (χ3n) is 12.8. The topological polar surface area (TPSA) is 18.0 Å². The van der Waals surface area contributed by atoms with E-state index in [0.717, 1.165) is 34.1 Å². The van der Waals surface area contributed by atoms with E-state index in [1.54, 1.807) is 0 Å². The van der Waals surface area contributed by atoms with Gasteiger partial charge in [-0.1, -0.05) is 139 Å². The molecule has 8 aromatic carbocycles. The van der Waals surface area contributed by atoms with Gasteiger partial charge in [0.1, 0.15) is 0 Å². The van der Waals surface area contributed by atoms with Crippen molar-refractivity contribution in [3.63, 3.8) is 0 Å². The molecule has 0 saturated heterocycles. The molecule has 11 rings (SSSR count). The highest BCUT2D eigenvalue weighted by Crippen LogP contribution is 2.43. The maximum absolute atomic E-state index is 2.47. The summed E-state index contributed by atoms with van der Waals surface area (Å²) >= 11 is 0. The van der Waals surface area contributed by atoms with Crippen molar-refractivity contribution in [1.82, 2.24) is 13.7 Å². The predicted octanol–water partition coefficient (Wildman–Crippen LogP) is 15.9. The molecule has 4 heteroatoms. The molecule has 0 aliphatic rings. The lowest BCUT2D eigenvalue weighted by atomic mass is 9.87. The first-order valence-corrected chi connectivity index (χ1v) is 21.8. The van der Waals surface area contributed by atoms with Crippen molar-refractivity contribution in [3.8, 4) is 17.1 Å². The van der Waals surface area contributed by atoms with Gasteiger partial charge in [0.15, 0.2) is 0 Å². The Labute approximate surface area is 363 Å². The van der Waals surface area contributed by atoms with Gasteiger partial charge < -0.3 is 18.6 Å². The summed E-state index contributed by atoms with van der Waals surface area (Å²) in [6.07, 6.45) is 2.20. The standard InChI is InChI=1S/C58H50N4/c1-57(2,3)40-24-28-43(29-25-40)60(47-32-34-54-51(38-47)49-20-11-12-21-52(49)61(54)44-30-26-41(27-31-44)58(4,5)6)45-17-14-18-46(37-45)62-53-22-13-10-19-48(53)50-33-23-39-35-36-59(55(39)56(50)62)42-15-8-7-9-16-42/h7-38H,1-6H3. The van der Waals surface area contributed by atoms with Gasteiger partial charge in [0.2, 0.25) is 0 Å². The van der Waals surface area contributed by atoms with Crippen LogP contribution in [0.3, 0.4) is 0 Å². The van der Waals surface area contributed by atoms with Crippen LogP contribution in [0.4, 0.5) is 17.1 Å². The molecule has 0 N–H and O–H groups in total. The van der Waals surface area contributed by atoms with E-state index < -0.39 is 0 Å². The zero-order chi connectivity index (χ0) is 42.3. The van der Waals surface area contributed by atoms with Crippen molar-refractivity contribution in [1.29, 1.82) is 0 Å². The molecular weight excluding hydrogens is 753 g/mol. The van der Waals surface area contributed by atoms with E-state index in [9.17, 15) is 0 Å². The van der Waals surface area contributed by atoms with Crippen LogP contribution in [-0.2, 0) is 10.8 Å². The van der Waals surface area contributed by atoms with Gasteiger partial charge in [0.05, 0.1) is 27.6 Å². The number of benzene rings is 8. The molecule has 3 aromatic heterocycles. The van der Waals surface area contributed by atoms with E-state index in [0.29, 0.717) is 0 Å². The van der Waals surface area contributed by atoms with E-state index in [4.69, 9.17) is 0 Å². The molecule has 0 bridgehead atoms. The van der Waals surface area contributed by atoms with E-state index in [1.807, 2.05) is 0 Å². The normalized spacial score (nSPS) is 12.4. The molecular formula is C58H50N4. The van der Waals surface area contributed by atoms with Gasteiger partial charge in [0, 0.05) is 67.3 Å². The fraction of sp³-hybridized carbons (Fsp3) is 0.138. The van der Waals surface area contributed by atoms with Crippen LogP contribution in [0.2, 0.25) is 0 Å². The third kappa shape index (κ3) is 6.12. The maximum Gasteiger partial charge on any atom is 0.0788 e. The Morgan fingerprint density at radius 1 is 0.355 bits per heavy atom. The van der Waals surface area contributed by atoms with Crippen LogP contribution in [0.25, 0.3) is 71.6 Å². The number of hydrogen-bond donors (Lipinski definition) is 0. The number of rotatable bonds is 6. The predicted molar refractivity (Wildman–Crippen MR) is 264 cm³/mol. The molecule has 0 aliphatic carbocycles. The van der Waals surface area contributed by atoms with Crippen LogP contribution in [0.15, 0.2) is 194 Å². The largest absolute Gasteiger partial charge is 0.315 e. The molecule has 0 aliphatic heterocycles. The molecule has 302 valence electrons. The Bertz CT molecular complexity index is 3460. The first kappa shape index (κ1) is 37.7. The van der Waals surface area contributed by atoms with Crippen molar-refractivity contribution < 1.29 is 0 Å². The van der Waals surface area contributed by atoms with Crippen molar-refractivity contribution in [2.45, 2.75) is 52.4 Å². The van der Waals surface area contributed by atoms with Gasteiger partial charge in [-0.25, -0.2) is 0 Å². The second-order valence-electron chi connectivity index (χ2n) is 18.8. The molecule has 62 heavy (non-hydrogen) atoms. The average molecular weight is 803 g/mol. The molecule has 0 amide bonds. The first-order valence-electron chi connectivity index (χ1n) is 21.8. The SMILES string of the molecule is CC(C)(C)c1ccc(N(c2cccc(-n3c4ccccc4c4ccc5ccn(-c6ccccc6)c5c43)c2)c2ccc3c(c2)c2ccccc2n3-c2ccc(C(C)(C)C)cc2)cc1. The summed E-state index contributed by atoms with van der Waals surface area (Å²) in [6.45, 7) is 13.6. The summed E-state index contributed by atoms with van der Waals surface area (Å²) in [5.41, 5.74) is 15.4. The molecule has 0 atom stereocenters. The van der Waals surface area contributed by atoms with Gasteiger partial charge in [-0.3, -0.25) is 0 Å². The second-order valence-corrected chi connectivity index (χ2v) is 18.8. The smallest absolute Gasteiger partial charge is 0.0788 e. The van der Waals surface area contributed by atoms with Crippen molar-refractivity contribution in [2.24, 2.45) is 0 Å². The van der Waals surface area contributed by atoms with Gasteiger partial charge in [0.25, 0.3) is 0 Å². The number of para-hydroxylation sites is 3. The fourth-order valence-electron chi connectivity index (χ4n) is 9.56. The molecule has 0 fully saturated rings. The minimum Gasteiger partial charge on any atom is -0.315 e. The van der Waals surface area contributed by atoms with Crippen LogP contribution in [0.5, 0.6) is 0 Å². The summed E-state index contributed by atoms with van der Waals surface area (Å²) in [5, 5.41) is 6.13. The Morgan fingerprint density at radius 3 is 1.61 bits per heavy atom. The number of fused-ring (bicyclic) bond motifs is 8. The molecule has 3 heterocycles. The van der Waals surface area contributed by atoms with Gasteiger partial charge in [-0.2, -0.15) is 0 Å². The minimum absolute atomic E-state index is 0.0361. The average Bonchev–Trinajstić information content (AvgIpc) is 3.97. The van der Waals surface area contributed by atoms with E-state index in [1.165, 1.54) is 65.6 Å². The van der Waals surface area contributed by atoms with E-state index in [-0.39, 0.29) is 10.8 Å². The molecule has 4 nitrogen and oxygen atoms in total. The number of hydrogen-bond acceptors (Lipinski definition) is 1. The zero-order valence-electron chi connectivity index (χ0n) is 36.3. The summed E-state index contributed by atoms with van der Waals surface area (Å²) in [4.78, 5) is 2.43. The Balaban J connectivity index is 1.13. The van der Waals surface area contributed by atoms with Crippen LogP contribution < -0.4 is 4.90 Å². The maximum atomic E-state index is 2.47. The zero-order valence-corrected chi connectivity index (χ0v) is 36.3. The van der Waals surface area contributed by atoms with Gasteiger partial charge in [-0.15, -0.1) is 0 Å². The molecule has 0 spiro atoms. The third-order valence-corrected chi connectivity index (χ3v) is 12.8. The highest BCUT2D eigenvalue weighted by atomic mass is 15.1. The van der Waals surface area contributed by atoms with Gasteiger partial charge >= 0.3 is 0 Å². The summed E-state index contributed by atoms with van der Waals surface area (Å²) in [7, 11) is 0. The molecule has 11 aromatic rings. The minimum atomic E-state index is 0.0361. The fourth-order valence-corrected chi connectivity index (χ4v) is 9.56. The quantitative estimate of drug-likeness (QED) is 0.164. The number of anilines is 3. The Hall–Kier alpha value is -7.30. The summed E-state index contributed by atoms with van der Waals surface area (Å²) < 4.78 is 7.22. The lowest BCUT2D eigenvalue weighted by Gasteiger charge is -2.27. The molecule has 0 radical (unpaired) electrons. The van der Waals surface area contributed by atoms with Crippen LogP contribution >= 0.6 is 0 Å². The van der Waals surface area contributed by atoms with Crippen molar-refractivity contribution >= 4 is 71.6 Å². The van der Waals surface area contributed by atoms with Crippen LogP contribution in [-0.4, -0.2) is 13.7 Å². The summed E-state index contributed by atoms with van der Waals surface area (Å²) in [5.74, 6) is 0. The first-order chi connectivity index (χ1) is 30.0. The highest BCUT2D eigenvalue weighted by molar-refractivity contribution is 6.18. The number of nitrogens with zero attached hydrogens (tertiary/aromatic N) is 4. The highest BCUT2D eigenvalue weighted by Gasteiger charge is 2.22. The van der Waals surface area contributed by atoms with Crippen molar-refractivity contribution in [2.75, 3.05) is 4.90 Å². The second kappa shape index (κ2) is 14.1. The van der Waals surface area contributed by atoms with Crippen LogP contribution in [0.1, 0.15) is 52.7 Å². The van der Waals surface area contributed by atoms with Gasteiger partial charge in [-0.05, 0) is 113 Å². The Morgan fingerprint density at radius 2 is 0.919 bits per heavy atom. The summed E-state index contributed by atoms with van der Waals surface area (Å²) in [6, 6.07) is 69.4. The number of aromatic nitrogens is 3. The van der Waals surface area contributed by atoms with E-state index in [2.05, 4.69) is 254 Å². The molecule has 0 saturated carbocycles. The molecule has 0 unspecified atom stereocenters. The van der Waals surface area contributed by atoms with Crippen molar-refractivity contribution in [3.05, 3.63) is 205 Å². The lowest BCUT2D eigenvalue weighted by molar-refractivity contribution is 0.590. The van der Waals surface area contributed by atoms with Crippen LogP contribution in [0, 0.1) is 0 Å².